The van der Waals surface area contributed by atoms with Crippen LogP contribution in [0.3, 0.4) is 0 Å². The molecule has 8 nitrogen and oxygen atoms in total. The molecule has 0 spiro atoms. The molecule has 28 heavy (non-hydrogen) atoms. The molecule has 0 bridgehead atoms. The van der Waals surface area contributed by atoms with Crippen LogP contribution in [-0.4, -0.2) is 44.6 Å². The van der Waals surface area contributed by atoms with Gasteiger partial charge in [0.1, 0.15) is 0 Å². The van der Waals surface area contributed by atoms with E-state index in [2.05, 4.69) is 14.8 Å². The second-order valence-corrected chi connectivity index (χ2v) is 7.19. The van der Waals surface area contributed by atoms with Gasteiger partial charge in [0, 0.05) is 15.4 Å². The van der Waals surface area contributed by atoms with Gasteiger partial charge in [-0.3, -0.25) is 4.79 Å². The molecule has 0 aliphatic rings. The fraction of sp³-hybridized carbons (Fsp3) is 0.263. The normalized spacial score (nSPS) is 10.1. The van der Waals surface area contributed by atoms with E-state index in [1.807, 2.05) is 6.92 Å². The molecule has 0 radical (unpaired) electrons. The Labute approximate surface area is 165 Å². The predicted molar refractivity (Wildman–Crippen MR) is 102 cm³/mol. The van der Waals surface area contributed by atoms with Crippen LogP contribution in [-0.2, 0) is 19.0 Å². The molecule has 1 N–H and O–H groups in total. The third-order valence-corrected chi connectivity index (χ3v) is 4.62. The number of carbonyl (C=O) groups is 4. The molecular weight excluding hydrogens is 386 g/mol. The number of hydrogen-bond donors (Lipinski definition) is 1. The summed E-state index contributed by atoms with van der Waals surface area (Å²) >= 11 is 1.46. The SMILES string of the molecule is COC(=O)c1cc(NC(=O)COC(=O)c2cc(C)sc2C)cc(C(=O)OC)c1. The van der Waals surface area contributed by atoms with Crippen LogP contribution in [0.15, 0.2) is 24.3 Å². The van der Waals surface area contributed by atoms with Gasteiger partial charge in [0.05, 0.1) is 30.9 Å². The van der Waals surface area contributed by atoms with Crippen molar-refractivity contribution in [1.29, 1.82) is 0 Å². The van der Waals surface area contributed by atoms with E-state index in [1.54, 1.807) is 13.0 Å². The summed E-state index contributed by atoms with van der Waals surface area (Å²) in [6.07, 6.45) is 0. The predicted octanol–water partition coefficient (Wildman–Crippen LogP) is 2.73. The molecule has 148 valence electrons. The van der Waals surface area contributed by atoms with Crippen LogP contribution in [0.5, 0.6) is 0 Å². The first kappa shape index (κ1) is 21.1. The lowest BCUT2D eigenvalue weighted by Crippen LogP contribution is -2.21. The minimum Gasteiger partial charge on any atom is -0.465 e. The van der Waals surface area contributed by atoms with Gasteiger partial charge >= 0.3 is 17.9 Å². The zero-order valence-electron chi connectivity index (χ0n) is 15.8. The molecule has 0 aliphatic heterocycles. The summed E-state index contributed by atoms with van der Waals surface area (Å²) in [6, 6.07) is 5.66. The molecule has 1 heterocycles. The van der Waals surface area contributed by atoms with E-state index in [4.69, 9.17) is 4.74 Å². The van der Waals surface area contributed by atoms with E-state index in [0.717, 1.165) is 9.75 Å². The smallest absolute Gasteiger partial charge is 0.339 e. The van der Waals surface area contributed by atoms with Gasteiger partial charge in [0.25, 0.3) is 5.91 Å². The summed E-state index contributed by atoms with van der Waals surface area (Å²) in [4.78, 5) is 49.5. The van der Waals surface area contributed by atoms with Crippen molar-refractivity contribution in [2.24, 2.45) is 0 Å². The molecule has 1 aromatic heterocycles. The molecule has 0 saturated heterocycles. The van der Waals surface area contributed by atoms with E-state index >= 15 is 0 Å². The van der Waals surface area contributed by atoms with Crippen LogP contribution in [0, 0.1) is 13.8 Å². The van der Waals surface area contributed by atoms with E-state index in [-0.39, 0.29) is 16.8 Å². The van der Waals surface area contributed by atoms with Gasteiger partial charge in [-0.25, -0.2) is 14.4 Å². The number of aryl methyl sites for hydroxylation is 2. The van der Waals surface area contributed by atoms with Crippen LogP contribution in [0.2, 0.25) is 0 Å². The highest BCUT2D eigenvalue weighted by Gasteiger charge is 2.17. The maximum Gasteiger partial charge on any atom is 0.339 e. The standard InChI is InChI=1S/C19H19NO7S/c1-10-5-15(11(2)28-10)19(24)27-9-16(21)20-14-7-12(17(22)25-3)6-13(8-14)18(23)26-4/h5-8H,9H2,1-4H3,(H,20,21). The first-order chi connectivity index (χ1) is 13.2. The Morgan fingerprint density at radius 1 is 0.893 bits per heavy atom. The number of ether oxygens (including phenoxy) is 3. The fourth-order valence-corrected chi connectivity index (χ4v) is 3.32. The lowest BCUT2D eigenvalue weighted by Gasteiger charge is -2.10. The molecule has 0 saturated carbocycles. The Morgan fingerprint density at radius 2 is 1.46 bits per heavy atom. The summed E-state index contributed by atoms with van der Waals surface area (Å²) < 4.78 is 14.3. The third kappa shape index (κ3) is 5.17. The summed E-state index contributed by atoms with van der Waals surface area (Å²) in [6.45, 7) is 3.14. The number of benzene rings is 1. The Hall–Kier alpha value is -3.20. The Bertz CT molecular complexity index is 898. The summed E-state index contributed by atoms with van der Waals surface area (Å²) in [5.74, 6) is -2.60. The van der Waals surface area contributed by atoms with Gasteiger partial charge in [-0.1, -0.05) is 0 Å². The van der Waals surface area contributed by atoms with E-state index < -0.39 is 30.4 Å². The van der Waals surface area contributed by atoms with E-state index in [0.29, 0.717) is 5.56 Å². The van der Waals surface area contributed by atoms with Crippen LogP contribution in [0.1, 0.15) is 40.8 Å². The van der Waals surface area contributed by atoms with Crippen molar-refractivity contribution in [3.63, 3.8) is 0 Å². The highest BCUT2D eigenvalue weighted by molar-refractivity contribution is 7.12. The largest absolute Gasteiger partial charge is 0.465 e. The van der Waals surface area contributed by atoms with Crippen molar-refractivity contribution in [1.82, 2.24) is 0 Å². The van der Waals surface area contributed by atoms with E-state index in [9.17, 15) is 19.2 Å². The van der Waals surface area contributed by atoms with Gasteiger partial charge < -0.3 is 19.5 Å². The van der Waals surface area contributed by atoms with Gasteiger partial charge in [0.15, 0.2) is 6.61 Å². The minimum absolute atomic E-state index is 0.0575. The first-order valence-electron chi connectivity index (χ1n) is 8.11. The maximum absolute atomic E-state index is 12.1. The Balaban J connectivity index is 2.10. The van der Waals surface area contributed by atoms with Gasteiger partial charge in [-0.2, -0.15) is 0 Å². The molecule has 0 fully saturated rings. The zero-order chi connectivity index (χ0) is 20.8. The molecule has 0 aliphatic carbocycles. The van der Waals surface area contributed by atoms with Crippen LogP contribution < -0.4 is 5.32 Å². The second kappa shape index (κ2) is 9.14. The quantitative estimate of drug-likeness (QED) is 0.581. The van der Waals surface area contributed by atoms with Crippen molar-refractivity contribution in [3.8, 4) is 0 Å². The number of hydrogen-bond acceptors (Lipinski definition) is 8. The topological polar surface area (TPSA) is 108 Å². The fourth-order valence-electron chi connectivity index (χ4n) is 2.41. The highest BCUT2D eigenvalue weighted by Crippen LogP contribution is 2.21. The molecule has 1 amide bonds. The molecule has 0 unspecified atom stereocenters. The van der Waals surface area contributed by atoms with Crippen molar-refractivity contribution in [2.45, 2.75) is 13.8 Å². The van der Waals surface area contributed by atoms with Crippen molar-refractivity contribution in [2.75, 3.05) is 26.1 Å². The lowest BCUT2D eigenvalue weighted by atomic mass is 10.1. The Kier molecular flexibility index (Phi) is 6.89. The third-order valence-electron chi connectivity index (χ3n) is 3.65. The van der Waals surface area contributed by atoms with Gasteiger partial charge in [-0.15, -0.1) is 11.3 Å². The number of thiophene rings is 1. The van der Waals surface area contributed by atoms with Crippen LogP contribution in [0.4, 0.5) is 5.69 Å². The van der Waals surface area contributed by atoms with Crippen molar-refractivity contribution < 1.29 is 33.4 Å². The molecule has 0 atom stereocenters. The number of carbonyl (C=O) groups excluding carboxylic acids is 4. The summed E-state index contributed by atoms with van der Waals surface area (Å²) in [7, 11) is 2.39. The van der Waals surface area contributed by atoms with Crippen molar-refractivity contribution >= 4 is 40.8 Å². The zero-order valence-corrected chi connectivity index (χ0v) is 16.6. The molecule has 2 rings (SSSR count). The molecular formula is C19H19NO7S. The number of amides is 1. The number of nitrogens with one attached hydrogen (secondary N) is 1. The van der Waals surface area contributed by atoms with Gasteiger partial charge in [0.2, 0.25) is 0 Å². The number of esters is 3. The lowest BCUT2D eigenvalue weighted by molar-refractivity contribution is -0.119. The maximum atomic E-state index is 12.1. The average molecular weight is 405 g/mol. The van der Waals surface area contributed by atoms with Crippen molar-refractivity contribution in [3.05, 3.63) is 50.7 Å². The molecule has 1 aromatic carbocycles. The number of anilines is 1. The Morgan fingerprint density at radius 3 is 1.93 bits per heavy atom. The number of methoxy groups -OCH3 is 2. The summed E-state index contributed by atoms with van der Waals surface area (Å²) in [5.41, 5.74) is 0.687. The summed E-state index contributed by atoms with van der Waals surface area (Å²) in [5, 5.41) is 2.48. The first-order valence-corrected chi connectivity index (χ1v) is 8.92. The molecule has 9 heteroatoms. The van der Waals surface area contributed by atoms with Gasteiger partial charge in [-0.05, 0) is 38.1 Å². The minimum atomic E-state index is -0.684. The highest BCUT2D eigenvalue weighted by atomic mass is 32.1. The number of rotatable bonds is 6. The van der Waals surface area contributed by atoms with Crippen LogP contribution >= 0.6 is 11.3 Å². The monoisotopic (exact) mass is 405 g/mol. The second-order valence-electron chi connectivity index (χ2n) is 5.73. The average Bonchev–Trinajstić information content (AvgIpc) is 3.02. The van der Waals surface area contributed by atoms with Crippen LogP contribution in [0.25, 0.3) is 0 Å². The van der Waals surface area contributed by atoms with E-state index in [1.165, 1.54) is 43.8 Å². The molecule has 2 aromatic rings.